The van der Waals surface area contributed by atoms with Crippen LogP contribution in [0.5, 0.6) is 5.75 Å². The molecule has 5 heteroatoms. The molecule has 0 saturated heterocycles. The highest BCUT2D eigenvalue weighted by atomic mass is 16.5. The number of carbonyl (C=O) groups excluding carboxylic acids is 1. The van der Waals surface area contributed by atoms with Crippen LogP contribution in [0.25, 0.3) is 0 Å². The summed E-state index contributed by atoms with van der Waals surface area (Å²) < 4.78 is 5.40. The van der Waals surface area contributed by atoms with Gasteiger partial charge in [-0.05, 0) is 12.5 Å². The van der Waals surface area contributed by atoms with Crippen molar-refractivity contribution in [1.29, 1.82) is 5.26 Å². The smallest absolute Gasteiger partial charge is 0.257 e. The Hall–Kier alpha value is -2.06. The first-order valence-corrected chi connectivity index (χ1v) is 6.22. The summed E-state index contributed by atoms with van der Waals surface area (Å²) in [6.45, 7) is 2.06. The van der Waals surface area contributed by atoms with E-state index in [2.05, 4.69) is 5.32 Å². The number of nitrogens with zero attached hydrogens (tertiary/aromatic N) is 1. The number of nitrogens with one attached hydrogen (secondary N) is 1. The van der Waals surface area contributed by atoms with E-state index in [4.69, 9.17) is 10.00 Å². The maximum atomic E-state index is 11.4. The number of amides is 1. The van der Waals surface area contributed by atoms with Crippen LogP contribution < -0.4 is 10.1 Å². The fraction of sp³-hybridized carbons (Fsp3) is 0.429. The Morgan fingerprint density at radius 1 is 1.53 bits per heavy atom. The van der Waals surface area contributed by atoms with Crippen LogP contribution in [0.4, 0.5) is 0 Å². The van der Waals surface area contributed by atoms with Crippen LogP contribution in [0, 0.1) is 11.3 Å². The van der Waals surface area contributed by atoms with E-state index < -0.39 is 6.10 Å². The van der Waals surface area contributed by atoms with E-state index in [1.54, 1.807) is 18.2 Å². The van der Waals surface area contributed by atoms with Gasteiger partial charge in [0.25, 0.3) is 5.91 Å². The Morgan fingerprint density at radius 3 is 2.95 bits per heavy atom. The van der Waals surface area contributed by atoms with Gasteiger partial charge in [0.15, 0.2) is 6.61 Å². The van der Waals surface area contributed by atoms with Gasteiger partial charge in [-0.2, -0.15) is 5.26 Å². The molecule has 0 spiro atoms. The molecule has 1 aromatic carbocycles. The fourth-order valence-corrected chi connectivity index (χ4v) is 1.56. The topological polar surface area (TPSA) is 82.3 Å². The van der Waals surface area contributed by atoms with Crippen LogP contribution in [-0.2, 0) is 4.79 Å². The molecule has 5 nitrogen and oxygen atoms in total. The Bertz CT molecular complexity index is 454. The molecule has 1 atom stereocenters. The summed E-state index contributed by atoms with van der Waals surface area (Å²) in [5.41, 5.74) is 0.676. The first kappa shape index (κ1) is 15.0. The Labute approximate surface area is 112 Å². The monoisotopic (exact) mass is 262 g/mol. The molecule has 0 aliphatic heterocycles. The summed E-state index contributed by atoms with van der Waals surface area (Å²) in [6, 6.07) is 9.03. The largest absolute Gasteiger partial charge is 0.483 e. The number of rotatable bonds is 7. The molecule has 102 valence electrons. The molecule has 0 saturated carbocycles. The molecular formula is C14H18N2O3. The number of carbonyl (C=O) groups is 1. The average molecular weight is 262 g/mol. The van der Waals surface area contributed by atoms with Crippen molar-refractivity contribution in [2.24, 2.45) is 0 Å². The minimum atomic E-state index is -0.599. The SMILES string of the molecule is CC[C@@H](O)c1ccccc1OCC(=O)NCCC#N. The van der Waals surface area contributed by atoms with E-state index in [1.165, 1.54) is 0 Å². The number of para-hydroxylation sites is 1. The zero-order valence-electron chi connectivity index (χ0n) is 10.9. The standard InChI is InChI=1S/C14H18N2O3/c1-2-12(17)11-6-3-4-7-13(11)19-10-14(18)16-9-5-8-15/h3-4,6-7,12,17H,2,5,9-10H2,1H3,(H,16,18)/t12-/m1/s1. The minimum absolute atomic E-state index is 0.126. The number of aliphatic hydroxyl groups excluding tert-OH is 1. The summed E-state index contributed by atoms with van der Waals surface area (Å²) in [7, 11) is 0. The third kappa shape index (κ3) is 4.98. The Balaban J connectivity index is 2.53. The van der Waals surface area contributed by atoms with Gasteiger partial charge in [0.05, 0.1) is 18.6 Å². The van der Waals surface area contributed by atoms with E-state index in [1.807, 2.05) is 19.1 Å². The molecule has 0 aliphatic rings. The summed E-state index contributed by atoms with van der Waals surface area (Å²) in [5.74, 6) is 0.225. The van der Waals surface area contributed by atoms with Gasteiger partial charge >= 0.3 is 0 Å². The van der Waals surface area contributed by atoms with E-state index in [0.717, 1.165) is 0 Å². The lowest BCUT2D eigenvalue weighted by molar-refractivity contribution is -0.123. The molecule has 0 fully saturated rings. The second-order valence-electron chi connectivity index (χ2n) is 4.01. The van der Waals surface area contributed by atoms with E-state index in [9.17, 15) is 9.90 Å². The van der Waals surface area contributed by atoms with Crippen molar-refractivity contribution in [3.8, 4) is 11.8 Å². The van der Waals surface area contributed by atoms with Gasteiger partial charge < -0.3 is 15.2 Å². The molecule has 0 heterocycles. The summed E-state index contributed by atoms with van der Waals surface area (Å²) in [4.78, 5) is 11.4. The third-order valence-corrected chi connectivity index (χ3v) is 2.58. The first-order chi connectivity index (χ1) is 9.19. The molecule has 1 amide bonds. The molecule has 0 bridgehead atoms. The molecule has 2 N–H and O–H groups in total. The maximum Gasteiger partial charge on any atom is 0.257 e. The third-order valence-electron chi connectivity index (χ3n) is 2.58. The van der Waals surface area contributed by atoms with Gasteiger partial charge in [-0.25, -0.2) is 0 Å². The lowest BCUT2D eigenvalue weighted by Gasteiger charge is -2.14. The summed E-state index contributed by atoms with van der Waals surface area (Å²) >= 11 is 0. The minimum Gasteiger partial charge on any atom is -0.483 e. The van der Waals surface area contributed by atoms with E-state index in [0.29, 0.717) is 24.3 Å². The number of hydrogen-bond donors (Lipinski definition) is 2. The van der Waals surface area contributed by atoms with Crippen LogP contribution >= 0.6 is 0 Å². The molecule has 0 unspecified atom stereocenters. The number of hydrogen-bond acceptors (Lipinski definition) is 4. The number of aliphatic hydroxyl groups is 1. The van der Waals surface area contributed by atoms with Gasteiger partial charge in [0, 0.05) is 12.1 Å². The quantitative estimate of drug-likeness (QED) is 0.730. The van der Waals surface area contributed by atoms with Crippen molar-refractivity contribution >= 4 is 5.91 Å². The molecule has 1 aromatic rings. The number of ether oxygens (including phenoxy) is 1. The molecule has 0 aliphatic carbocycles. The van der Waals surface area contributed by atoms with Crippen LogP contribution in [0.1, 0.15) is 31.4 Å². The summed E-state index contributed by atoms with van der Waals surface area (Å²) in [5, 5.41) is 20.8. The van der Waals surface area contributed by atoms with Crippen LogP contribution in [0.3, 0.4) is 0 Å². The second-order valence-corrected chi connectivity index (χ2v) is 4.01. The predicted molar refractivity (Wildman–Crippen MR) is 70.4 cm³/mol. The van der Waals surface area contributed by atoms with Gasteiger partial charge in [0.2, 0.25) is 0 Å². The van der Waals surface area contributed by atoms with Crippen molar-refractivity contribution in [1.82, 2.24) is 5.32 Å². The summed E-state index contributed by atoms with van der Waals surface area (Å²) in [6.07, 6.45) is 0.254. The molecular weight excluding hydrogens is 244 g/mol. The number of benzene rings is 1. The van der Waals surface area contributed by atoms with Crippen molar-refractivity contribution in [2.75, 3.05) is 13.2 Å². The molecule has 1 rings (SSSR count). The highest BCUT2D eigenvalue weighted by Crippen LogP contribution is 2.26. The van der Waals surface area contributed by atoms with Gasteiger partial charge in [-0.3, -0.25) is 4.79 Å². The van der Waals surface area contributed by atoms with Crippen LogP contribution in [0.15, 0.2) is 24.3 Å². The normalized spacial score (nSPS) is 11.4. The Morgan fingerprint density at radius 2 is 2.26 bits per heavy atom. The predicted octanol–water partition coefficient (Wildman–Crippen LogP) is 1.54. The van der Waals surface area contributed by atoms with Crippen LogP contribution in [-0.4, -0.2) is 24.2 Å². The highest BCUT2D eigenvalue weighted by Gasteiger charge is 2.12. The van der Waals surface area contributed by atoms with Gasteiger partial charge in [-0.1, -0.05) is 25.1 Å². The number of nitriles is 1. The first-order valence-electron chi connectivity index (χ1n) is 6.22. The van der Waals surface area contributed by atoms with Crippen molar-refractivity contribution in [3.05, 3.63) is 29.8 Å². The van der Waals surface area contributed by atoms with Crippen LogP contribution in [0.2, 0.25) is 0 Å². The second kappa shape index (κ2) is 8.11. The Kier molecular flexibility index (Phi) is 6.41. The van der Waals surface area contributed by atoms with Crippen molar-refractivity contribution < 1.29 is 14.6 Å². The highest BCUT2D eigenvalue weighted by molar-refractivity contribution is 5.77. The lowest BCUT2D eigenvalue weighted by Crippen LogP contribution is -2.29. The van der Waals surface area contributed by atoms with Crippen molar-refractivity contribution in [3.63, 3.8) is 0 Å². The average Bonchev–Trinajstić information content (AvgIpc) is 2.45. The van der Waals surface area contributed by atoms with E-state index >= 15 is 0 Å². The van der Waals surface area contributed by atoms with Gasteiger partial charge in [0.1, 0.15) is 5.75 Å². The van der Waals surface area contributed by atoms with E-state index in [-0.39, 0.29) is 18.9 Å². The zero-order chi connectivity index (χ0) is 14.1. The lowest BCUT2D eigenvalue weighted by atomic mass is 10.1. The maximum absolute atomic E-state index is 11.4. The molecule has 0 aromatic heterocycles. The molecule has 0 radical (unpaired) electrons. The van der Waals surface area contributed by atoms with Gasteiger partial charge in [-0.15, -0.1) is 0 Å². The fourth-order valence-electron chi connectivity index (χ4n) is 1.56. The zero-order valence-corrected chi connectivity index (χ0v) is 10.9. The van der Waals surface area contributed by atoms with Crippen molar-refractivity contribution in [2.45, 2.75) is 25.9 Å². The molecule has 19 heavy (non-hydrogen) atoms.